The predicted molar refractivity (Wildman–Crippen MR) is 115 cm³/mol. The van der Waals surface area contributed by atoms with E-state index in [4.69, 9.17) is 11.6 Å². The average molecular weight is 473 g/mol. The van der Waals surface area contributed by atoms with Crippen LogP contribution < -0.4 is 10.6 Å². The van der Waals surface area contributed by atoms with Gasteiger partial charge in [0.25, 0.3) is 5.91 Å². The van der Waals surface area contributed by atoms with Gasteiger partial charge < -0.3 is 10.1 Å². The molecule has 0 aliphatic carbocycles. The van der Waals surface area contributed by atoms with Crippen LogP contribution in [0.1, 0.15) is 33.6 Å². The summed E-state index contributed by atoms with van der Waals surface area (Å²) in [6.45, 7) is 3.48. The lowest BCUT2D eigenvalue weighted by atomic mass is 10.1. The van der Waals surface area contributed by atoms with E-state index in [0.717, 1.165) is 12.0 Å². The largest absolute Gasteiger partial charge is 0.453 e. The monoisotopic (exact) mass is 472 g/mol. The first-order valence-corrected chi connectivity index (χ1v) is 11.7. The molecule has 1 aromatic heterocycles. The zero-order valence-electron chi connectivity index (χ0n) is 16.6. The molecule has 0 saturated heterocycles. The summed E-state index contributed by atoms with van der Waals surface area (Å²) in [5.74, 6) is -1.33. The molecule has 0 atom stereocenters. The first-order chi connectivity index (χ1) is 14.0. The molecule has 0 bridgehead atoms. The molecule has 0 spiro atoms. The number of alkyl carbamates (subject to hydrolysis) is 1. The van der Waals surface area contributed by atoms with Crippen LogP contribution >= 0.6 is 22.9 Å². The van der Waals surface area contributed by atoms with Crippen LogP contribution in [0.2, 0.25) is 5.02 Å². The Morgan fingerprint density at radius 1 is 1.13 bits per heavy atom. The van der Waals surface area contributed by atoms with Crippen LogP contribution in [0, 0.1) is 13.8 Å². The number of nitrogens with one attached hydrogen (secondary N) is 2. The van der Waals surface area contributed by atoms with Crippen molar-refractivity contribution in [3.63, 3.8) is 0 Å². The van der Waals surface area contributed by atoms with Gasteiger partial charge in [-0.1, -0.05) is 11.6 Å². The van der Waals surface area contributed by atoms with Gasteiger partial charge in [-0.2, -0.15) is 0 Å². The quantitative estimate of drug-likeness (QED) is 0.634. The van der Waals surface area contributed by atoms with Gasteiger partial charge in [-0.3, -0.25) is 14.9 Å². The van der Waals surface area contributed by atoms with E-state index in [-0.39, 0.29) is 34.1 Å². The fraction of sp³-hybridized carbons (Fsp3) is 0.316. The fourth-order valence-electron chi connectivity index (χ4n) is 2.57. The number of thiophene rings is 1. The highest BCUT2D eigenvalue weighted by Gasteiger charge is 2.23. The zero-order chi connectivity index (χ0) is 22.5. The number of carbonyl (C=O) groups is 3. The van der Waals surface area contributed by atoms with Gasteiger partial charge in [0.05, 0.1) is 23.3 Å². The molecule has 1 aromatic carbocycles. The molecule has 1 heterocycles. The molecule has 2 aromatic rings. The molecule has 3 amide bonds. The van der Waals surface area contributed by atoms with Crippen LogP contribution in [-0.2, 0) is 19.4 Å². The molecule has 0 aliphatic heterocycles. The Kier molecular flexibility index (Phi) is 7.99. The number of aryl methyl sites for hydroxylation is 1. The number of imide groups is 1. The summed E-state index contributed by atoms with van der Waals surface area (Å²) in [6, 6.07) is 5.81. The number of benzene rings is 1. The molecule has 8 nitrogen and oxygen atoms in total. The van der Waals surface area contributed by atoms with Crippen molar-refractivity contribution in [1.29, 1.82) is 0 Å². The SMILES string of the molecule is COC(=O)NC(=O)c1c(NC(=O)CCCS(=O)(=O)c2ccc(Cl)cc2)sc(C)c1C. The Balaban J connectivity index is 2.01. The number of amides is 3. The first kappa shape index (κ1) is 23.8. The second-order valence-electron chi connectivity index (χ2n) is 6.36. The summed E-state index contributed by atoms with van der Waals surface area (Å²) < 4.78 is 29.1. The smallest absolute Gasteiger partial charge is 0.413 e. The molecule has 162 valence electrons. The Bertz CT molecular complexity index is 1060. The number of rotatable bonds is 7. The molecule has 30 heavy (non-hydrogen) atoms. The van der Waals surface area contributed by atoms with Crippen molar-refractivity contribution in [3.05, 3.63) is 45.3 Å². The van der Waals surface area contributed by atoms with E-state index in [2.05, 4.69) is 15.4 Å². The zero-order valence-corrected chi connectivity index (χ0v) is 19.0. The standard InChI is InChI=1S/C19H21ClN2O6S2/c1-11-12(2)29-18(16(11)17(24)22-19(25)28-3)21-15(23)5-4-10-30(26,27)14-8-6-13(20)7-9-14/h6-9H,4-5,10H2,1-3H3,(H,21,23)(H,22,24,25). The average Bonchev–Trinajstić information content (AvgIpc) is 2.95. The van der Waals surface area contributed by atoms with Crippen LogP contribution in [-0.4, -0.2) is 39.2 Å². The summed E-state index contributed by atoms with van der Waals surface area (Å²) >= 11 is 6.96. The molecule has 11 heteroatoms. The highest BCUT2D eigenvalue weighted by Crippen LogP contribution is 2.32. The van der Waals surface area contributed by atoms with Crippen molar-refractivity contribution in [3.8, 4) is 0 Å². The van der Waals surface area contributed by atoms with E-state index < -0.39 is 27.7 Å². The molecule has 0 saturated carbocycles. The molecular formula is C19H21ClN2O6S2. The van der Waals surface area contributed by atoms with Crippen LogP contribution in [0.5, 0.6) is 0 Å². The van der Waals surface area contributed by atoms with E-state index in [1.165, 1.54) is 35.6 Å². The fourth-order valence-corrected chi connectivity index (χ4v) is 5.08. The molecule has 2 N–H and O–H groups in total. The van der Waals surface area contributed by atoms with E-state index >= 15 is 0 Å². The van der Waals surface area contributed by atoms with Crippen molar-refractivity contribution in [2.24, 2.45) is 0 Å². The van der Waals surface area contributed by atoms with Crippen molar-refractivity contribution >= 4 is 55.7 Å². The topological polar surface area (TPSA) is 119 Å². The third-order valence-electron chi connectivity index (χ3n) is 4.26. The predicted octanol–water partition coefficient (Wildman–Crippen LogP) is 3.71. The summed E-state index contributed by atoms with van der Waals surface area (Å²) in [5.41, 5.74) is 0.798. The number of halogens is 1. The van der Waals surface area contributed by atoms with Gasteiger partial charge in [0.15, 0.2) is 9.84 Å². The van der Waals surface area contributed by atoms with Gasteiger partial charge in [-0.15, -0.1) is 11.3 Å². The van der Waals surface area contributed by atoms with Crippen molar-refractivity contribution in [2.75, 3.05) is 18.2 Å². The van der Waals surface area contributed by atoms with E-state index in [0.29, 0.717) is 10.6 Å². The van der Waals surface area contributed by atoms with Gasteiger partial charge in [0, 0.05) is 16.3 Å². The van der Waals surface area contributed by atoms with Gasteiger partial charge in [-0.25, -0.2) is 13.2 Å². The normalized spacial score (nSPS) is 11.1. The Hall–Kier alpha value is -2.43. The second-order valence-corrected chi connectivity index (χ2v) is 10.1. The van der Waals surface area contributed by atoms with E-state index in [1.807, 2.05) is 0 Å². The number of sulfone groups is 1. The van der Waals surface area contributed by atoms with E-state index in [1.54, 1.807) is 13.8 Å². The summed E-state index contributed by atoms with van der Waals surface area (Å²) in [5, 5.41) is 5.42. The van der Waals surface area contributed by atoms with Gasteiger partial charge in [0.2, 0.25) is 5.91 Å². The highest BCUT2D eigenvalue weighted by molar-refractivity contribution is 7.91. The minimum Gasteiger partial charge on any atom is -0.453 e. The summed E-state index contributed by atoms with van der Waals surface area (Å²) in [7, 11) is -2.40. The lowest BCUT2D eigenvalue weighted by Crippen LogP contribution is -2.31. The number of hydrogen-bond acceptors (Lipinski definition) is 7. The number of ether oxygens (including phenoxy) is 1. The second kappa shape index (κ2) is 10.1. The maximum absolute atomic E-state index is 12.3. The van der Waals surface area contributed by atoms with Crippen molar-refractivity contribution in [1.82, 2.24) is 5.32 Å². The maximum atomic E-state index is 12.3. The van der Waals surface area contributed by atoms with Crippen LogP contribution in [0.25, 0.3) is 0 Å². The van der Waals surface area contributed by atoms with E-state index in [9.17, 15) is 22.8 Å². The Labute approximate surface area is 183 Å². The maximum Gasteiger partial charge on any atom is 0.413 e. The molecule has 0 radical (unpaired) electrons. The van der Waals surface area contributed by atoms with Gasteiger partial charge in [0.1, 0.15) is 5.00 Å². The molecule has 0 fully saturated rings. The van der Waals surface area contributed by atoms with Crippen LogP contribution in [0.3, 0.4) is 0 Å². The number of hydrogen-bond donors (Lipinski definition) is 2. The molecule has 2 rings (SSSR count). The van der Waals surface area contributed by atoms with Crippen molar-refractivity contribution < 1.29 is 27.5 Å². The lowest BCUT2D eigenvalue weighted by Gasteiger charge is -2.08. The van der Waals surface area contributed by atoms with Crippen LogP contribution in [0.15, 0.2) is 29.2 Å². The van der Waals surface area contributed by atoms with Gasteiger partial charge >= 0.3 is 6.09 Å². The summed E-state index contributed by atoms with van der Waals surface area (Å²) in [4.78, 5) is 36.9. The third-order valence-corrected chi connectivity index (χ3v) is 7.45. The Morgan fingerprint density at radius 2 is 1.77 bits per heavy atom. The van der Waals surface area contributed by atoms with Crippen molar-refractivity contribution in [2.45, 2.75) is 31.6 Å². The Morgan fingerprint density at radius 3 is 2.37 bits per heavy atom. The minimum atomic E-state index is -3.54. The highest BCUT2D eigenvalue weighted by atomic mass is 35.5. The van der Waals surface area contributed by atoms with Gasteiger partial charge in [-0.05, 0) is 50.1 Å². The molecule has 0 unspecified atom stereocenters. The molecular weight excluding hydrogens is 452 g/mol. The third kappa shape index (κ3) is 6.04. The number of anilines is 1. The number of carbonyl (C=O) groups excluding carboxylic acids is 3. The minimum absolute atomic E-state index is 0.0547. The summed E-state index contributed by atoms with van der Waals surface area (Å²) in [6.07, 6.45) is -0.863. The molecule has 0 aliphatic rings. The van der Waals surface area contributed by atoms with Crippen LogP contribution in [0.4, 0.5) is 9.80 Å². The number of methoxy groups -OCH3 is 1. The lowest BCUT2D eigenvalue weighted by molar-refractivity contribution is -0.116. The first-order valence-electron chi connectivity index (χ1n) is 8.82.